The molecule has 0 atom stereocenters. The standard InChI is InChI=1S/C8H8N6/c1-4-6-8(14(2)13-4)12-7(10)5(3-9)11-6/h1-2H3,(H2,10,12). The van der Waals surface area contributed by atoms with Gasteiger partial charge in [-0.2, -0.15) is 10.4 Å². The molecule has 14 heavy (non-hydrogen) atoms. The number of nitrogens with two attached hydrogens (primary N) is 1. The van der Waals surface area contributed by atoms with Gasteiger partial charge >= 0.3 is 0 Å². The van der Waals surface area contributed by atoms with Crippen molar-refractivity contribution in [3.63, 3.8) is 0 Å². The number of nitriles is 1. The molecule has 0 aromatic carbocycles. The molecule has 0 unspecified atom stereocenters. The monoisotopic (exact) mass is 188 g/mol. The van der Waals surface area contributed by atoms with Crippen molar-refractivity contribution in [2.75, 3.05) is 5.73 Å². The van der Waals surface area contributed by atoms with Crippen LogP contribution in [0.5, 0.6) is 0 Å². The normalized spacial score (nSPS) is 10.4. The van der Waals surface area contributed by atoms with Crippen molar-refractivity contribution in [3.05, 3.63) is 11.4 Å². The molecule has 0 spiro atoms. The highest BCUT2D eigenvalue weighted by molar-refractivity contribution is 5.76. The maximum absolute atomic E-state index is 8.72. The minimum Gasteiger partial charge on any atom is -0.381 e. The van der Waals surface area contributed by atoms with Gasteiger partial charge in [0.05, 0.1) is 5.69 Å². The lowest BCUT2D eigenvalue weighted by molar-refractivity contribution is 0.774. The summed E-state index contributed by atoms with van der Waals surface area (Å²) in [5.74, 6) is 0.142. The van der Waals surface area contributed by atoms with Crippen molar-refractivity contribution in [1.29, 1.82) is 5.26 Å². The summed E-state index contributed by atoms with van der Waals surface area (Å²) in [4.78, 5) is 8.14. The van der Waals surface area contributed by atoms with Crippen molar-refractivity contribution in [3.8, 4) is 6.07 Å². The van der Waals surface area contributed by atoms with Crippen LogP contribution < -0.4 is 5.73 Å². The molecule has 0 saturated heterocycles. The van der Waals surface area contributed by atoms with Crippen LogP contribution in [-0.2, 0) is 7.05 Å². The van der Waals surface area contributed by atoms with Crippen LogP contribution in [0.25, 0.3) is 11.2 Å². The van der Waals surface area contributed by atoms with Crippen molar-refractivity contribution < 1.29 is 0 Å². The second kappa shape index (κ2) is 2.67. The van der Waals surface area contributed by atoms with Crippen molar-refractivity contribution >= 4 is 17.0 Å². The van der Waals surface area contributed by atoms with E-state index < -0.39 is 0 Å². The third kappa shape index (κ3) is 0.992. The Bertz CT molecular complexity index is 547. The Morgan fingerprint density at radius 3 is 2.79 bits per heavy atom. The van der Waals surface area contributed by atoms with E-state index in [9.17, 15) is 0 Å². The van der Waals surface area contributed by atoms with Crippen LogP contribution in [0.4, 0.5) is 5.82 Å². The van der Waals surface area contributed by atoms with Crippen LogP contribution in [0.15, 0.2) is 0 Å². The smallest absolute Gasteiger partial charge is 0.183 e. The highest BCUT2D eigenvalue weighted by Crippen LogP contribution is 2.15. The topological polar surface area (TPSA) is 93.4 Å². The minimum absolute atomic E-state index is 0.142. The minimum atomic E-state index is 0.142. The summed E-state index contributed by atoms with van der Waals surface area (Å²) in [5.41, 5.74) is 7.65. The molecule has 0 bridgehead atoms. The van der Waals surface area contributed by atoms with Crippen LogP contribution >= 0.6 is 0 Å². The van der Waals surface area contributed by atoms with Crippen molar-refractivity contribution in [1.82, 2.24) is 19.7 Å². The maximum Gasteiger partial charge on any atom is 0.183 e. The molecule has 0 amide bonds. The quantitative estimate of drug-likeness (QED) is 0.634. The molecule has 2 N–H and O–H groups in total. The first-order valence-corrected chi connectivity index (χ1v) is 4.00. The van der Waals surface area contributed by atoms with E-state index >= 15 is 0 Å². The van der Waals surface area contributed by atoms with E-state index in [0.29, 0.717) is 11.2 Å². The number of nitrogens with zero attached hydrogens (tertiary/aromatic N) is 5. The lowest BCUT2D eigenvalue weighted by Gasteiger charge is -1.96. The molecule has 70 valence electrons. The number of aromatic nitrogens is 4. The first kappa shape index (κ1) is 8.44. The fourth-order valence-electron chi connectivity index (χ4n) is 1.31. The van der Waals surface area contributed by atoms with Crippen LogP contribution in [-0.4, -0.2) is 19.7 Å². The number of hydrogen-bond acceptors (Lipinski definition) is 5. The molecule has 0 aliphatic rings. The number of nitrogen functional groups attached to an aromatic ring is 1. The Morgan fingerprint density at radius 1 is 1.43 bits per heavy atom. The Kier molecular flexibility index (Phi) is 1.61. The molecule has 0 fully saturated rings. The molecule has 6 heteroatoms. The summed E-state index contributed by atoms with van der Waals surface area (Å²) in [6, 6.07) is 1.89. The third-order valence-corrected chi connectivity index (χ3v) is 1.96. The Hall–Kier alpha value is -2.16. The number of aryl methyl sites for hydroxylation is 2. The zero-order chi connectivity index (χ0) is 10.3. The molecular weight excluding hydrogens is 180 g/mol. The zero-order valence-electron chi connectivity index (χ0n) is 7.81. The van der Waals surface area contributed by atoms with Crippen LogP contribution in [0, 0.1) is 18.3 Å². The molecule has 0 saturated carbocycles. The molecule has 2 heterocycles. The van der Waals surface area contributed by atoms with Gasteiger partial charge in [-0.15, -0.1) is 0 Å². The van der Waals surface area contributed by atoms with Gasteiger partial charge < -0.3 is 5.73 Å². The largest absolute Gasteiger partial charge is 0.381 e. The fourth-order valence-corrected chi connectivity index (χ4v) is 1.31. The van der Waals surface area contributed by atoms with Gasteiger partial charge in [-0.05, 0) is 6.92 Å². The molecule has 2 aromatic rings. The summed E-state index contributed by atoms with van der Waals surface area (Å²) in [6.45, 7) is 1.81. The second-order valence-electron chi connectivity index (χ2n) is 2.95. The van der Waals surface area contributed by atoms with Gasteiger partial charge in [0.25, 0.3) is 0 Å². The van der Waals surface area contributed by atoms with Crippen LogP contribution in [0.1, 0.15) is 11.4 Å². The Morgan fingerprint density at radius 2 is 2.14 bits per heavy atom. The SMILES string of the molecule is Cc1nn(C)c2nc(N)c(C#N)nc12. The van der Waals surface area contributed by atoms with E-state index in [1.165, 1.54) is 0 Å². The Labute approximate surface area is 80.0 Å². The van der Waals surface area contributed by atoms with Gasteiger partial charge in [-0.25, -0.2) is 14.6 Å². The molecule has 0 radical (unpaired) electrons. The van der Waals surface area contributed by atoms with Crippen molar-refractivity contribution in [2.45, 2.75) is 6.92 Å². The predicted molar refractivity (Wildman–Crippen MR) is 50.2 cm³/mol. The van der Waals surface area contributed by atoms with Crippen LogP contribution in [0.2, 0.25) is 0 Å². The number of fused-ring (bicyclic) bond motifs is 1. The summed E-state index contributed by atoms with van der Waals surface area (Å²) in [5, 5.41) is 12.8. The highest BCUT2D eigenvalue weighted by atomic mass is 15.3. The van der Waals surface area contributed by atoms with Gasteiger partial charge in [0, 0.05) is 7.05 Å². The molecule has 2 rings (SSSR count). The zero-order valence-corrected chi connectivity index (χ0v) is 7.81. The average Bonchev–Trinajstić information content (AvgIpc) is 2.41. The summed E-state index contributed by atoms with van der Waals surface area (Å²) in [6.07, 6.45) is 0. The van der Waals surface area contributed by atoms with Gasteiger partial charge in [0.2, 0.25) is 0 Å². The van der Waals surface area contributed by atoms with E-state index in [0.717, 1.165) is 5.69 Å². The molecular formula is C8H8N6. The van der Waals surface area contributed by atoms with Crippen molar-refractivity contribution in [2.24, 2.45) is 7.05 Å². The molecule has 0 aliphatic heterocycles. The number of hydrogen-bond donors (Lipinski definition) is 1. The van der Waals surface area contributed by atoms with E-state index in [-0.39, 0.29) is 11.5 Å². The molecule has 2 aromatic heterocycles. The van der Waals surface area contributed by atoms with Gasteiger partial charge in [0.15, 0.2) is 17.2 Å². The first-order chi connectivity index (χ1) is 6.63. The fraction of sp³-hybridized carbons (Fsp3) is 0.250. The molecule has 0 aliphatic carbocycles. The van der Waals surface area contributed by atoms with Gasteiger partial charge in [-0.3, -0.25) is 0 Å². The lowest BCUT2D eigenvalue weighted by Crippen LogP contribution is -2.00. The number of rotatable bonds is 0. The second-order valence-corrected chi connectivity index (χ2v) is 2.95. The van der Waals surface area contributed by atoms with Crippen LogP contribution in [0.3, 0.4) is 0 Å². The van der Waals surface area contributed by atoms with E-state index in [2.05, 4.69) is 15.1 Å². The Balaban J connectivity index is 2.91. The van der Waals surface area contributed by atoms with Gasteiger partial charge in [0.1, 0.15) is 11.6 Å². The summed E-state index contributed by atoms with van der Waals surface area (Å²) in [7, 11) is 1.76. The lowest BCUT2D eigenvalue weighted by atomic mass is 10.3. The van der Waals surface area contributed by atoms with Gasteiger partial charge in [-0.1, -0.05) is 0 Å². The third-order valence-electron chi connectivity index (χ3n) is 1.96. The summed E-state index contributed by atoms with van der Waals surface area (Å²) >= 11 is 0. The highest BCUT2D eigenvalue weighted by Gasteiger charge is 2.11. The van der Waals surface area contributed by atoms with E-state index in [4.69, 9.17) is 11.0 Å². The van der Waals surface area contributed by atoms with E-state index in [1.807, 2.05) is 13.0 Å². The predicted octanol–water partition coefficient (Wildman–Crippen LogP) is 0.126. The summed E-state index contributed by atoms with van der Waals surface area (Å²) < 4.78 is 1.59. The number of anilines is 1. The molecule has 6 nitrogen and oxygen atoms in total. The van der Waals surface area contributed by atoms with E-state index in [1.54, 1.807) is 11.7 Å². The average molecular weight is 188 g/mol. The first-order valence-electron chi connectivity index (χ1n) is 4.00. The maximum atomic E-state index is 8.72.